The van der Waals surface area contributed by atoms with E-state index in [1.165, 1.54) is 0 Å². The van der Waals surface area contributed by atoms with Gasteiger partial charge in [-0.3, -0.25) is 9.52 Å². The molecule has 1 aliphatic heterocycles. The van der Waals surface area contributed by atoms with Crippen LogP contribution >= 0.6 is 12.4 Å². The molecule has 0 unspecified atom stereocenters. The summed E-state index contributed by atoms with van der Waals surface area (Å²) in [6, 6.07) is 6.45. The van der Waals surface area contributed by atoms with Crippen molar-refractivity contribution in [3.05, 3.63) is 24.3 Å². The lowest BCUT2D eigenvalue weighted by molar-refractivity contribution is -0.124. The first-order valence-corrected chi connectivity index (χ1v) is 8.78. The molecule has 0 spiro atoms. The number of nitrogens with two attached hydrogens (primary N) is 1. The van der Waals surface area contributed by atoms with Crippen molar-refractivity contribution in [3.63, 3.8) is 0 Å². The van der Waals surface area contributed by atoms with Gasteiger partial charge in [0, 0.05) is 24.6 Å². The van der Waals surface area contributed by atoms with Gasteiger partial charge in [0.1, 0.15) is 5.54 Å². The summed E-state index contributed by atoms with van der Waals surface area (Å²) in [6.07, 6.45) is 0.959. The largest absolute Gasteiger partial charge is 0.381 e. The second-order valence-corrected chi connectivity index (χ2v) is 7.32. The Bertz CT molecular complexity index is 628. The van der Waals surface area contributed by atoms with E-state index in [1.54, 1.807) is 31.2 Å². The van der Waals surface area contributed by atoms with Crippen LogP contribution in [0.25, 0.3) is 0 Å². The van der Waals surface area contributed by atoms with Crippen LogP contribution in [0.1, 0.15) is 19.8 Å². The maximum atomic E-state index is 12.2. The number of anilines is 2. The average Bonchev–Trinajstić information content (AvgIpc) is 2.50. The van der Waals surface area contributed by atoms with Gasteiger partial charge in [-0.2, -0.15) is 0 Å². The van der Waals surface area contributed by atoms with Crippen LogP contribution in [0.15, 0.2) is 24.3 Å². The first-order chi connectivity index (χ1) is 10.3. The second-order valence-electron chi connectivity index (χ2n) is 5.31. The number of hydrogen-bond donors (Lipinski definition) is 3. The molecule has 2 rings (SSSR count). The fourth-order valence-electron chi connectivity index (χ4n) is 2.09. The zero-order chi connectivity index (χ0) is 16.2. The van der Waals surface area contributed by atoms with Gasteiger partial charge in [-0.15, -0.1) is 12.4 Å². The van der Waals surface area contributed by atoms with E-state index in [9.17, 15) is 13.2 Å². The van der Waals surface area contributed by atoms with Crippen molar-refractivity contribution in [2.75, 3.05) is 29.0 Å². The van der Waals surface area contributed by atoms with E-state index in [1.807, 2.05) is 0 Å². The van der Waals surface area contributed by atoms with E-state index in [4.69, 9.17) is 10.5 Å². The van der Waals surface area contributed by atoms with E-state index in [0.29, 0.717) is 37.4 Å². The molecule has 0 radical (unpaired) electrons. The lowest BCUT2D eigenvalue weighted by Crippen LogP contribution is -2.54. The van der Waals surface area contributed by atoms with Gasteiger partial charge in [-0.1, -0.05) is 0 Å². The van der Waals surface area contributed by atoms with Crippen molar-refractivity contribution in [1.82, 2.24) is 0 Å². The minimum Gasteiger partial charge on any atom is -0.381 e. The molecule has 1 amide bonds. The molecule has 1 aromatic carbocycles. The summed E-state index contributed by atoms with van der Waals surface area (Å²) in [6.45, 7) is 2.51. The van der Waals surface area contributed by atoms with E-state index in [2.05, 4.69) is 10.0 Å². The van der Waals surface area contributed by atoms with Crippen molar-refractivity contribution < 1.29 is 17.9 Å². The van der Waals surface area contributed by atoms with Crippen LogP contribution in [0, 0.1) is 0 Å². The number of benzene rings is 1. The SMILES string of the molecule is CCS(=O)(=O)Nc1ccc(NC(=O)C2(N)CCOCC2)cc1.Cl. The average molecular weight is 364 g/mol. The molecule has 0 saturated carbocycles. The summed E-state index contributed by atoms with van der Waals surface area (Å²) in [7, 11) is -3.31. The number of carbonyl (C=O) groups excluding carboxylic acids is 1. The maximum absolute atomic E-state index is 12.2. The van der Waals surface area contributed by atoms with E-state index in [0.717, 1.165) is 0 Å². The number of carbonyl (C=O) groups is 1. The molecule has 0 bridgehead atoms. The molecule has 1 aromatic rings. The fourth-order valence-corrected chi connectivity index (χ4v) is 2.73. The molecule has 1 aliphatic rings. The second kappa shape index (κ2) is 7.96. The standard InChI is InChI=1S/C14H21N3O4S.ClH/c1-2-22(19,20)17-12-5-3-11(4-6-12)16-13(18)14(15)7-9-21-10-8-14;/h3-6,17H,2,7-10,15H2,1H3,(H,16,18);1H. The molecular weight excluding hydrogens is 342 g/mol. The number of nitrogens with one attached hydrogen (secondary N) is 2. The third-order valence-electron chi connectivity index (χ3n) is 3.63. The summed E-state index contributed by atoms with van der Waals surface area (Å²) in [5.74, 6) is -0.249. The molecule has 0 aliphatic carbocycles. The third-order valence-corrected chi connectivity index (χ3v) is 4.94. The van der Waals surface area contributed by atoms with E-state index < -0.39 is 15.6 Å². The van der Waals surface area contributed by atoms with Gasteiger partial charge in [0.05, 0.1) is 5.75 Å². The van der Waals surface area contributed by atoms with Crippen molar-refractivity contribution in [2.24, 2.45) is 5.73 Å². The van der Waals surface area contributed by atoms with Crippen molar-refractivity contribution in [3.8, 4) is 0 Å². The minimum absolute atomic E-state index is 0. The molecule has 1 fully saturated rings. The zero-order valence-corrected chi connectivity index (χ0v) is 14.5. The number of hydrogen-bond acceptors (Lipinski definition) is 5. The number of ether oxygens (including phenoxy) is 1. The van der Waals surface area contributed by atoms with Gasteiger partial charge in [0.25, 0.3) is 0 Å². The monoisotopic (exact) mass is 363 g/mol. The lowest BCUT2D eigenvalue weighted by atomic mass is 9.90. The molecule has 0 atom stereocenters. The van der Waals surface area contributed by atoms with Gasteiger partial charge in [0.15, 0.2) is 0 Å². The van der Waals surface area contributed by atoms with Crippen molar-refractivity contribution in [1.29, 1.82) is 0 Å². The molecule has 1 saturated heterocycles. The van der Waals surface area contributed by atoms with Crippen LogP contribution in [-0.2, 0) is 19.6 Å². The summed E-state index contributed by atoms with van der Waals surface area (Å²) < 4.78 is 30.6. The molecule has 23 heavy (non-hydrogen) atoms. The van der Waals surface area contributed by atoms with Gasteiger partial charge < -0.3 is 15.8 Å². The fraction of sp³-hybridized carbons (Fsp3) is 0.500. The number of halogens is 1. The van der Waals surface area contributed by atoms with Gasteiger partial charge in [-0.25, -0.2) is 8.42 Å². The molecule has 9 heteroatoms. The number of rotatable bonds is 5. The topological polar surface area (TPSA) is 111 Å². The highest BCUT2D eigenvalue weighted by atomic mass is 35.5. The Kier molecular flexibility index (Phi) is 6.82. The molecule has 0 aromatic heterocycles. The van der Waals surface area contributed by atoms with Crippen molar-refractivity contribution in [2.45, 2.75) is 25.3 Å². The van der Waals surface area contributed by atoms with Gasteiger partial charge >= 0.3 is 0 Å². The Hall–Kier alpha value is -1.35. The Balaban J connectivity index is 0.00000264. The Morgan fingerprint density at radius 1 is 1.22 bits per heavy atom. The maximum Gasteiger partial charge on any atom is 0.244 e. The normalized spacial score (nSPS) is 17.0. The lowest BCUT2D eigenvalue weighted by Gasteiger charge is -2.31. The summed E-state index contributed by atoms with van der Waals surface area (Å²) in [5.41, 5.74) is 6.20. The highest BCUT2D eigenvalue weighted by Gasteiger charge is 2.35. The predicted molar refractivity (Wildman–Crippen MR) is 92.4 cm³/mol. The van der Waals surface area contributed by atoms with Crippen LogP contribution in [-0.4, -0.2) is 38.8 Å². The first-order valence-electron chi connectivity index (χ1n) is 7.13. The Labute approximate surface area is 142 Å². The van der Waals surface area contributed by atoms with Gasteiger partial charge in [-0.05, 0) is 44.0 Å². The molecule has 1 heterocycles. The first kappa shape index (κ1) is 19.7. The highest BCUT2D eigenvalue weighted by Crippen LogP contribution is 2.21. The molecule has 130 valence electrons. The Morgan fingerprint density at radius 2 is 1.74 bits per heavy atom. The van der Waals surface area contributed by atoms with E-state index in [-0.39, 0.29) is 24.1 Å². The minimum atomic E-state index is -3.31. The van der Waals surface area contributed by atoms with E-state index >= 15 is 0 Å². The summed E-state index contributed by atoms with van der Waals surface area (Å²) in [5, 5.41) is 2.76. The van der Waals surface area contributed by atoms with Gasteiger partial charge in [0.2, 0.25) is 15.9 Å². The smallest absolute Gasteiger partial charge is 0.244 e. The van der Waals surface area contributed by atoms with Crippen LogP contribution in [0.4, 0.5) is 11.4 Å². The molecule has 7 nitrogen and oxygen atoms in total. The third kappa shape index (κ3) is 5.35. The van der Waals surface area contributed by atoms with Crippen LogP contribution in [0.2, 0.25) is 0 Å². The van der Waals surface area contributed by atoms with Crippen LogP contribution < -0.4 is 15.8 Å². The number of amides is 1. The highest BCUT2D eigenvalue weighted by molar-refractivity contribution is 7.92. The Morgan fingerprint density at radius 3 is 2.26 bits per heavy atom. The number of sulfonamides is 1. The zero-order valence-electron chi connectivity index (χ0n) is 12.9. The quantitative estimate of drug-likeness (QED) is 0.730. The van der Waals surface area contributed by atoms with Crippen LogP contribution in [0.3, 0.4) is 0 Å². The predicted octanol–water partition coefficient (Wildman–Crippen LogP) is 1.32. The van der Waals surface area contributed by atoms with Crippen LogP contribution in [0.5, 0.6) is 0 Å². The molecular formula is C14H22ClN3O4S. The summed E-state index contributed by atoms with van der Waals surface area (Å²) >= 11 is 0. The van der Waals surface area contributed by atoms with Crippen molar-refractivity contribution >= 4 is 39.7 Å². The molecule has 4 N–H and O–H groups in total. The summed E-state index contributed by atoms with van der Waals surface area (Å²) in [4.78, 5) is 12.2.